The van der Waals surface area contributed by atoms with Gasteiger partial charge in [-0.2, -0.15) is 10.4 Å². The second-order valence-corrected chi connectivity index (χ2v) is 9.62. The monoisotopic (exact) mass is 464 g/mol. The van der Waals surface area contributed by atoms with E-state index in [9.17, 15) is 14.0 Å². The number of rotatable bonds is 6. The Morgan fingerprint density at radius 1 is 1.26 bits per heavy atom. The number of halogens is 2. The van der Waals surface area contributed by atoms with Gasteiger partial charge >= 0.3 is 0 Å². The fourth-order valence-electron chi connectivity index (χ4n) is 3.27. The summed E-state index contributed by atoms with van der Waals surface area (Å²) >= 11 is 1.80. The van der Waals surface area contributed by atoms with Gasteiger partial charge in [0, 0.05) is 31.1 Å². The molecule has 0 radical (unpaired) electrons. The minimum atomic E-state index is -2.91. The minimum absolute atomic E-state index is 0.143. The molecule has 0 aromatic carbocycles. The summed E-state index contributed by atoms with van der Waals surface area (Å²) < 4.78 is 30.5. The summed E-state index contributed by atoms with van der Waals surface area (Å²) in [6.07, 6.45) is 0.185. The second-order valence-electron chi connectivity index (χ2n) is 7.69. The van der Waals surface area contributed by atoms with Crippen LogP contribution < -0.4 is 9.62 Å². The SMILES string of the molecule is CN1CCN(c2cc(SNC3(C#N)CC3)cc3c(C(=N)SC(=N)C(F)F)cnn23)CC1. The first-order valence-corrected chi connectivity index (χ1v) is 11.4. The zero-order chi connectivity index (χ0) is 22.2. The van der Waals surface area contributed by atoms with Gasteiger partial charge < -0.3 is 9.80 Å². The van der Waals surface area contributed by atoms with Crippen LogP contribution in [0.4, 0.5) is 14.6 Å². The van der Waals surface area contributed by atoms with Crippen molar-refractivity contribution in [3.05, 3.63) is 23.9 Å². The van der Waals surface area contributed by atoms with Gasteiger partial charge in [-0.3, -0.25) is 10.8 Å². The van der Waals surface area contributed by atoms with Crippen LogP contribution in [0.15, 0.2) is 23.2 Å². The van der Waals surface area contributed by atoms with Crippen molar-refractivity contribution in [1.82, 2.24) is 19.2 Å². The zero-order valence-corrected chi connectivity index (χ0v) is 18.5. The maximum absolute atomic E-state index is 12.8. The van der Waals surface area contributed by atoms with E-state index in [0.717, 1.165) is 49.7 Å². The van der Waals surface area contributed by atoms with Gasteiger partial charge in [0.15, 0.2) is 0 Å². The molecule has 3 N–H and O–H groups in total. The number of hydrogen-bond donors (Lipinski definition) is 3. The molecule has 164 valence electrons. The van der Waals surface area contributed by atoms with Gasteiger partial charge in [-0.25, -0.2) is 18.0 Å². The Hall–Kier alpha value is -2.20. The average Bonchev–Trinajstić information content (AvgIpc) is 3.42. The molecule has 1 saturated carbocycles. The predicted molar refractivity (Wildman–Crippen MR) is 120 cm³/mol. The van der Waals surface area contributed by atoms with Crippen LogP contribution in [0.25, 0.3) is 5.52 Å². The van der Waals surface area contributed by atoms with Crippen molar-refractivity contribution in [2.75, 3.05) is 38.1 Å². The normalized spacial score (nSPS) is 18.4. The highest BCUT2D eigenvalue weighted by Gasteiger charge is 2.43. The molecule has 4 rings (SSSR count). The number of piperazine rings is 1. The van der Waals surface area contributed by atoms with Crippen LogP contribution in [0.5, 0.6) is 0 Å². The first-order chi connectivity index (χ1) is 14.8. The van der Waals surface area contributed by atoms with Gasteiger partial charge in [0.2, 0.25) is 0 Å². The molecule has 2 aromatic heterocycles. The molecule has 2 aliphatic rings. The lowest BCUT2D eigenvalue weighted by molar-refractivity contribution is 0.228. The van der Waals surface area contributed by atoms with Crippen molar-refractivity contribution in [3.63, 3.8) is 0 Å². The summed E-state index contributed by atoms with van der Waals surface area (Å²) in [6, 6.07) is 6.14. The van der Waals surface area contributed by atoms with Crippen LogP contribution in [0, 0.1) is 22.1 Å². The number of anilines is 1. The number of nitrogens with one attached hydrogen (secondary N) is 3. The summed E-state index contributed by atoms with van der Waals surface area (Å²) in [6.45, 7) is 3.43. The third kappa shape index (κ3) is 4.69. The number of nitriles is 1. The molecule has 0 atom stereocenters. The highest BCUT2D eigenvalue weighted by atomic mass is 32.2. The smallest absolute Gasteiger partial charge is 0.285 e. The standard InChI is InChI=1S/C19H22F2N8S2/c1-27-4-6-28(7-5-27)15-9-12(31-26-19(11-22)2-3-19)8-14-13(10-25-29(14)15)17(23)30-18(24)16(20)21/h8-10,16,23-24,26H,2-7H2,1H3. The highest BCUT2D eigenvalue weighted by molar-refractivity contribution is 8.26. The Labute approximate surface area is 187 Å². The van der Waals surface area contributed by atoms with E-state index < -0.39 is 17.0 Å². The first-order valence-electron chi connectivity index (χ1n) is 9.76. The fraction of sp³-hybridized carbons (Fsp3) is 0.474. The number of fused-ring (bicyclic) bond motifs is 1. The van der Waals surface area contributed by atoms with Crippen molar-refractivity contribution in [2.45, 2.75) is 29.7 Å². The molecule has 0 bridgehead atoms. The molecule has 2 fully saturated rings. The highest BCUT2D eigenvalue weighted by Crippen LogP contribution is 2.38. The molecule has 12 heteroatoms. The quantitative estimate of drug-likeness (QED) is 0.343. The summed E-state index contributed by atoms with van der Waals surface area (Å²) in [5.74, 6) is 0.852. The van der Waals surface area contributed by atoms with Gasteiger partial charge in [0.25, 0.3) is 6.43 Å². The van der Waals surface area contributed by atoms with Gasteiger partial charge in [0.1, 0.15) is 21.4 Å². The molecule has 8 nitrogen and oxygen atoms in total. The third-order valence-electron chi connectivity index (χ3n) is 5.38. The number of hydrogen-bond acceptors (Lipinski definition) is 9. The zero-order valence-electron chi connectivity index (χ0n) is 16.9. The Morgan fingerprint density at radius 3 is 2.58 bits per heavy atom. The Kier molecular flexibility index (Phi) is 6.20. The molecule has 31 heavy (non-hydrogen) atoms. The lowest BCUT2D eigenvalue weighted by atomic mass is 10.2. The number of nitrogens with zero attached hydrogens (tertiary/aromatic N) is 5. The van der Waals surface area contributed by atoms with Gasteiger partial charge in [-0.1, -0.05) is 0 Å². The number of likely N-dealkylation sites (N-methyl/N-ethyl adjacent to an activating group) is 1. The molecule has 0 amide bonds. The summed E-state index contributed by atoms with van der Waals surface area (Å²) in [5, 5.41) is 28.4. The molecule has 1 aliphatic heterocycles. The van der Waals surface area contributed by atoms with E-state index in [0.29, 0.717) is 22.8 Å². The van der Waals surface area contributed by atoms with Gasteiger partial charge in [0.05, 0.1) is 23.3 Å². The van der Waals surface area contributed by atoms with Crippen molar-refractivity contribution in [1.29, 1.82) is 16.1 Å². The van der Waals surface area contributed by atoms with Crippen LogP contribution in [-0.4, -0.2) is 69.8 Å². The number of aromatic nitrogens is 2. The van der Waals surface area contributed by atoms with Gasteiger partial charge in [-0.15, -0.1) is 0 Å². The third-order valence-corrected chi connectivity index (χ3v) is 7.17. The van der Waals surface area contributed by atoms with Crippen LogP contribution in [0.1, 0.15) is 18.4 Å². The van der Waals surface area contributed by atoms with E-state index >= 15 is 0 Å². The van der Waals surface area contributed by atoms with Crippen LogP contribution in [0.3, 0.4) is 0 Å². The van der Waals surface area contributed by atoms with Gasteiger partial charge in [-0.05, 0) is 55.7 Å². The summed E-state index contributed by atoms with van der Waals surface area (Å²) in [5.41, 5.74) is 0.514. The maximum Gasteiger partial charge on any atom is 0.285 e. The number of thioether (sulfide) groups is 1. The summed E-state index contributed by atoms with van der Waals surface area (Å²) in [4.78, 5) is 5.31. The van der Waals surface area contributed by atoms with Crippen molar-refractivity contribution >= 4 is 45.1 Å². The van der Waals surface area contributed by atoms with Crippen molar-refractivity contribution in [2.24, 2.45) is 0 Å². The Balaban J connectivity index is 1.69. The largest absolute Gasteiger partial charge is 0.354 e. The van der Waals surface area contributed by atoms with Crippen molar-refractivity contribution < 1.29 is 8.78 Å². The topological polar surface area (TPSA) is 107 Å². The second kappa shape index (κ2) is 8.74. The Bertz CT molecular complexity index is 1050. The van der Waals surface area contributed by atoms with E-state index in [2.05, 4.69) is 32.7 Å². The van der Waals surface area contributed by atoms with Crippen LogP contribution in [0.2, 0.25) is 0 Å². The average molecular weight is 465 g/mol. The first kappa shape index (κ1) is 22.0. The van der Waals surface area contributed by atoms with Crippen LogP contribution >= 0.6 is 23.7 Å². The molecule has 3 heterocycles. The van der Waals surface area contributed by atoms with E-state index in [1.54, 1.807) is 4.52 Å². The van der Waals surface area contributed by atoms with E-state index in [1.165, 1.54) is 18.1 Å². The van der Waals surface area contributed by atoms with E-state index in [4.69, 9.17) is 10.8 Å². The maximum atomic E-state index is 12.8. The predicted octanol–water partition coefficient (Wildman–Crippen LogP) is 3.04. The molecular formula is C19H22F2N8S2. The number of alkyl halides is 2. The molecular weight excluding hydrogens is 442 g/mol. The lowest BCUT2D eigenvalue weighted by Crippen LogP contribution is -2.45. The minimum Gasteiger partial charge on any atom is -0.354 e. The Morgan fingerprint density at radius 2 is 1.97 bits per heavy atom. The van der Waals surface area contributed by atoms with E-state index in [-0.39, 0.29) is 5.04 Å². The molecule has 0 spiro atoms. The van der Waals surface area contributed by atoms with Crippen molar-refractivity contribution in [3.8, 4) is 6.07 Å². The molecule has 1 aliphatic carbocycles. The fourth-order valence-corrected chi connectivity index (χ4v) is 4.74. The van der Waals surface area contributed by atoms with E-state index in [1.807, 2.05) is 12.1 Å². The summed E-state index contributed by atoms with van der Waals surface area (Å²) in [7, 11) is 2.07. The molecule has 1 saturated heterocycles. The van der Waals surface area contributed by atoms with Crippen LogP contribution in [-0.2, 0) is 0 Å². The molecule has 2 aromatic rings. The molecule has 0 unspecified atom stereocenters. The lowest BCUT2D eigenvalue weighted by Gasteiger charge is -2.34. The number of pyridine rings is 1.